The molecule has 0 amide bonds. The highest BCUT2D eigenvalue weighted by molar-refractivity contribution is 6.22. The summed E-state index contributed by atoms with van der Waals surface area (Å²) >= 11 is 0. The van der Waals surface area contributed by atoms with Gasteiger partial charge in [-0.05, 0) is 44.8 Å². The van der Waals surface area contributed by atoms with Gasteiger partial charge in [-0.25, -0.2) is 9.51 Å². The summed E-state index contributed by atoms with van der Waals surface area (Å²) in [6.45, 7) is 3.00. The lowest BCUT2D eigenvalue weighted by molar-refractivity contribution is -0.111. The second kappa shape index (κ2) is 6.90. The van der Waals surface area contributed by atoms with E-state index in [1.807, 2.05) is 43.4 Å². The first-order valence-electron chi connectivity index (χ1n) is 7.99. The molecule has 130 valence electrons. The van der Waals surface area contributed by atoms with Gasteiger partial charge in [0.25, 0.3) is 5.88 Å². The van der Waals surface area contributed by atoms with Gasteiger partial charge >= 0.3 is 0 Å². The van der Waals surface area contributed by atoms with Gasteiger partial charge < -0.3 is 15.4 Å². The molecule has 2 heterocycles. The molecule has 0 aromatic carbocycles. The van der Waals surface area contributed by atoms with Crippen molar-refractivity contribution in [3.63, 3.8) is 0 Å². The Hall–Kier alpha value is -2.93. The van der Waals surface area contributed by atoms with Crippen LogP contribution in [0.4, 0.5) is 5.69 Å². The van der Waals surface area contributed by atoms with Crippen LogP contribution in [-0.4, -0.2) is 53.3 Å². The highest BCUT2D eigenvalue weighted by atomic mass is 16.5. The van der Waals surface area contributed by atoms with Crippen LogP contribution in [0, 0.1) is 0 Å². The smallest absolute Gasteiger partial charge is 0.260 e. The molecule has 3 rings (SSSR count). The SMILES string of the molecule is CC1=C/C(=N\c2c(OCCN(C)C)nn3ccccc23)C(N)=CC1=O. The molecule has 0 atom stereocenters. The summed E-state index contributed by atoms with van der Waals surface area (Å²) in [5, 5.41) is 4.45. The Kier molecular flexibility index (Phi) is 4.67. The van der Waals surface area contributed by atoms with Crippen LogP contribution in [0.2, 0.25) is 0 Å². The van der Waals surface area contributed by atoms with Crippen molar-refractivity contribution in [1.29, 1.82) is 0 Å². The molecule has 0 aliphatic heterocycles. The monoisotopic (exact) mass is 339 g/mol. The third-order valence-corrected chi connectivity index (χ3v) is 3.82. The second-order valence-corrected chi connectivity index (χ2v) is 6.12. The van der Waals surface area contributed by atoms with Crippen LogP contribution in [0.25, 0.3) is 5.52 Å². The van der Waals surface area contributed by atoms with E-state index in [1.165, 1.54) is 6.08 Å². The summed E-state index contributed by atoms with van der Waals surface area (Å²) < 4.78 is 7.55. The minimum absolute atomic E-state index is 0.0984. The highest BCUT2D eigenvalue weighted by Gasteiger charge is 2.18. The van der Waals surface area contributed by atoms with E-state index in [0.717, 1.165) is 12.1 Å². The number of carbonyl (C=O) groups excluding carboxylic acids is 1. The molecular formula is C18H21N5O2. The summed E-state index contributed by atoms with van der Waals surface area (Å²) in [4.78, 5) is 18.4. The van der Waals surface area contributed by atoms with Crippen molar-refractivity contribution >= 4 is 22.7 Å². The number of nitrogens with zero attached hydrogens (tertiary/aromatic N) is 4. The Morgan fingerprint density at radius 2 is 2.12 bits per heavy atom. The number of ether oxygens (including phenoxy) is 1. The first kappa shape index (κ1) is 16.9. The zero-order valence-corrected chi connectivity index (χ0v) is 14.6. The molecule has 1 aliphatic rings. The third-order valence-electron chi connectivity index (χ3n) is 3.82. The number of aliphatic imine (C=N–C) groups is 1. The van der Waals surface area contributed by atoms with Gasteiger partial charge in [0, 0.05) is 18.8 Å². The molecule has 0 saturated carbocycles. The predicted molar refractivity (Wildman–Crippen MR) is 97.4 cm³/mol. The van der Waals surface area contributed by atoms with Crippen LogP contribution in [0.15, 0.2) is 52.8 Å². The highest BCUT2D eigenvalue weighted by Crippen LogP contribution is 2.32. The van der Waals surface area contributed by atoms with E-state index in [-0.39, 0.29) is 5.78 Å². The number of likely N-dealkylation sites (N-methyl/N-ethyl adjacent to an activating group) is 1. The molecule has 0 saturated heterocycles. The Bertz CT molecular complexity index is 905. The lowest BCUT2D eigenvalue weighted by atomic mass is 10.0. The maximum Gasteiger partial charge on any atom is 0.260 e. The Labute approximate surface area is 146 Å². The number of aromatic nitrogens is 2. The molecule has 2 aromatic heterocycles. The van der Waals surface area contributed by atoms with Gasteiger partial charge in [0.15, 0.2) is 11.5 Å². The quantitative estimate of drug-likeness (QED) is 0.839. The van der Waals surface area contributed by atoms with Crippen molar-refractivity contribution in [2.75, 3.05) is 27.2 Å². The average molecular weight is 339 g/mol. The number of nitrogens with two attached hydrogens (primary N) is 1. The van der Waals surface area contributed by atoms with Gasteiger partial charge in [0.2, 0.25) is 0 Å². The molecule has 7 nitrogen and oxygen atoms in total. The lowest BCUT2D eigenvalue weighted by Gasteiger charge is -2.11. The zero-order valence-electron chi connectivity index (χ0n) is 14.6. The fraction of sp³-hybridized carbons (Fsp3) is 0.278. The van der Waals surface area contributed by atoms with Crippen LogP contribution in [-0.2, 0) is 4.79 Å². The second-order valence-electron chi connectivity index (χ2n) is 6.12. The Morgan fingerprint density at radius 3 is 2.88 bits per heavy atom. The van der Waals surface area contributed by atoms with Crippen molar-refractivity contribution in [2.24, 2.45) is 10.7 Å². The van der Waals surface area contributed by atoms with E-state index in [9.17, 15) is 4.79 Å². The Morgan fingerprint density at radius 1 is 1.32 bits per heavy atom. The number of hydrogen-bond acceptors (Lipinski definition) is 6. The number of rotatable bonds is 5. The molecule has 2 N–H and O–H groups in total. The lowest BCUT2D eigenvalue weighted by Crippen LogP contribution is -2.19. The van der Waals surface area contributed by atoms with Gasteiger partial charge in [-0.1, -0.05) is 6.07 Å². The normalized spacial score (nSPS) is 16.5. The summed E-state index contributed by atoms with van der Waals surface area (Å²) in [5.74, 6) is 0.343. The third kappa shape index (κ3) is 3.61. The van der Waals surface area contributed by atoms with Crippen LogP contribution < -0.4 is 10.5 Å². The minimum atomic E-state index is -0.0984. The van der Waals surface area contributed by atoms with E-state index in [0.29, 0.717) is 35.2 Å². The van der Waals surface area contributed by atoms with Gasteiger partial charge in [0.1, 0.15) is 6.61 Å². The number of pyridine rings is 1. The number of fused-ring (bicyclic) bond motifs is 1. The molecule has 0 radical (unpaired) electrons. The van der Waals surface area contributed by atoms with Crippen molar-refractivity contribution in [3.05, 3.63) is 47.8 Å². The molecule has 7 heteroatoms. The predicted octanol–water partition coefficient (Wildman–Crippen LogP) is 1.72. The number of allylic oxidation sites excluding steroid dienone is 3. The largest absolute Gasteiger partial charge is 0.474 e. The van der Waals surface area contributed by atoms with Crippen molar-refractivity contribution in [2.45, 2.75) is 6.92 Å². The number of carbonyl (C=O) groups is 1. The van der Waals surface area contributed by atoms with Gasteiger partial charge in [-0.15, -0.1) is 5.10 Å². The first-order valence-corrected chi connectivity index (χ1v) is 7.99. The van der Waals surface area contributed by atoms with Crippen molar-refractivity contribution < 1.29 is 9.53 Å². The van der Waals surface area contributed by atoms with Crippen LogP contribution in [0.5, 0.6) is 5.88 Å². The van der Waals surface area contributed by atoms with Crippen LogP contribution in [0.1, 0.15) is 6.92 Å². The van der Waals surface area contributed by atoms with E-state index < -0.39 is 0 Å². The zero-order chi connectivity index (χ0) is 18.0. The van der Waals surface area contributed by atoms with Gasteiger partial charge in [0.05, 0.1) is 16.9 Å². The fourth-order valence-electron chi connectivity index (χ4n) is 2.40. The van der Waals surface area contributed by atoms with E-state index >= 15 is 0 Å². The molecular weight excluding hydrogens is 318 g/mol. The van der Waals surface area contributed by atoms with E-state index in [1.54, 1.807) is 17.5 Å². The maximum atomic E-state index is 11.7. The maximum absolute atomic E-state index is 11.7. The van der Waals surface area contributed by atoms with Crippen molar-refractivity contribution in [1.82, 2.24) is 14.5 Å². The molecule has 0 fully saturated rings. The van der Waals surface area contributed by atoms with E-state index in [4.69, 9.17) is 10.5 Å². The summed E-state index contributed by atoms with van der Waals surface area (Å²) in [7, 11) is 3.96. The molecule has 0 unspecified atom stereocenters. The van der Waals surface area contributed by atoms with Crippen LogP contribution in [0.3, 0.4) is 0 Å². The van der Waals surface area contributed by atoms with E-state index in [2.05, 4.69) is 10.1 Å². The summed E-state index contributed by atoms with van der Waals surface area (Å²) in [5.41, 5.74) is 8.85. The molecule has 0 spiro atoms. The number of ketones is 1. The average Bonchev–Trinajstić information content (AvgIpc) is 2.90. The van der Waals surface area contributed by atoms with Crippen LogP contribution >= 0.6 is 0 Å². The standard InChI is InChI=1S/C18H21N5O2/c1-12-10-14(13(19)11-16(12)24)20-17-15-6-4-5-7-23(15)21-18(17)25-9-8-22(2)3/h4-7,10-11H,8-9,19H2,1-3H3/b20-14+. The first-order chi connectivity index (χ1) is 12.0. The topological polar surface area (TPSA) is 85.2 Å². The van der Waals surface area contributed by atoms with Gasteiger partial charge in [-0.3, -0.25) is 4.79 Å². The summed E-state index contributed by atoms with van der Waals surface area (Å²) in [6, 6.07) is 5.71. The molecule has 25 heavy (non-hydrogen) atoms. The Balaban J connectivity index is 2.03. The molecule has 2 aromatic rings. The number of hydrogen-bond donors (Lipinski definition) is 1. The minimum Gasteiger partial charge on any atom is -0.474 e. The summed E-state index contributed by atoms with van der Waals surface area (Å²) in [6.07, 6.45) is 4.92. The molecule has 0 bridgehead atoms. The fourth-order valence-corrected chi connectivity index (χ4v) is 2.40. The molecule has 1 aliphatic carbocycles. The van der Waals surface area contributed by atoms with Gasteiger partial charge in [-0.2, -0.15) is 0 Å². The van der Waals surface area contributed by atoms with Crippen molar-refractivity contribution in [3.8, 4) is 5.88 Å².